The zero-order valence-corrected chi connectivity index (χ0v) is 32.2. The van der Waals surface area contributed by atoms with Gasteiger partial charge in [-0.15, -0.1) is 0 Å². The lowest BCUT2D eigenvalue weighted by Gasteiger charge is -2.11. The molecule has 0 unspecified atom stereocenters. The molecule has 0 amide bonds. The Labute approximate surface area is 343 Å². The van der Waals surface area contributed by atoms with Crippen molar-refractivity contribution in [3.63, 3.8) is 0 Å². The van der Waals surface area contributed by atoms with Crippen LogP contribution in [0.25, 0.3) is 111 Å². The molecule has 280 valence electrons. The second-order valence-corrected chi connectivity index (χ2v) is 15.3. The number of para-hydroxylation sites is 4. The van der Waals surface area contributed by atoms with Crippen molar-refractivity contribution < 1.29 is 0 Å². The molecule has 0 N–H and O–H groups in total. The van der Waals surface area contributed by atoms with E-state index in [-0.39, 0.29) is 0 Å². The van der Waals surface area contributed by atoms with Crippen LogP contribution in [0.1, 0.15) is 0 Å². The van der Waals surface area contributed by atoms with Crippen LogP contribution < -0.4 is 0 Å². The van der Waals surface area contributed by atoms with Crippen LogP contribution in [0, 0.1) is 0 Å². The van der Waals surface area contributed by atoms with Gasteiger partial charge in [-0.25, -0.2) is 4.98 Å². The summed E-state index contributed by atoms with van der Waals surface area (Å²) in [4.78, 5) is 15.4. The number of fused-ring (bicyclic) bond motifs is 12. The highest BCUT2D eigenvalue weighted by atomic mass is 15.2. The van der Waals surface area contributed by atoms with Crippen LogP contribution in [0.2, 0.25) is 0 Å². The number of imidazole rings is 1. The summed E-state index contributed by atoms with van der Waals surface area (Å²) in [6.45, 7) is 0. The van der Waals surface area contributed by atoms with Crippen molar-refractivity contribution in [2.45, 2.75) is 0 Å². The van der Waals surface area contributed by atoms with Crippen LogP contribution in [-0.4, -0.2) is 33.1 Å². The zero-order valence-electron chi connectivity index (χ0n) is 32.2. The summed E-state index contributed by atoms with van der Waals surface area (Å²) >= 11 is 0. The van der Waals surface area contributed by atoms with Crippen LogP contribution in [0.5, 0.6) is 0 Å². The van der Waals surface area contributed by atoms with Crippen LogP contribution in [-0.2, 0) is 0 Å². The van der Waals surface area contributed by atoms with E-state index in [0.29, 0.717) is 17.6 Å². The summed E-state index contributed by atoms with van der Waals surface area (Å²) < 4.78 is 9.42. The maximum Gasteiger partial charge on any atom is 0.238 e. The summed E-state index contributed by atoms with van der Waals surface area (Å²) in [5.74, 6) is 1.83. The molecular formula is C53H33N7. The number of nitrogens with zero attached hydrogens (tertiary/aromatic N) is 7. The Morgan fingerprint density at radius 1 is 0.317 bits per heavy atom. The molecule has 7 heteroatoms. The van der Waals surface area contributed by atoms with Gasteiger partial charge in [-0.2, -0.15) is 9.97 Å². The van der Waals surface area contributed by atoms with Crippen molar-refractivity contribution in [2.75, 3.05) is 0 Å². The topological polar surface area (TPSA) is 57.9 Å². The second kappa shape index (κ2) is 12.6. The van der Waals surface area contributed by atoms with Gasteiger partial charge in [0.25, 0.3) is 0 Å². The molecule has 0 saturated heterocycles. The minimum Gasteiger partial charge on any atom is -0.309 e. The third kappa shape index (κ3) is 4.68. The molecule has 8 aromatic carbocycles. The predicted molar refractivity (Wildman–Crippen MR) is 245 cm³/mol. The molecule has 0 fully saturated rings. The summed E-state index contributed by atoms with van der Waals surface area (Å²) in [7, 11) is 0. The standard InChI is InChI=1S/C53H33N7/c1-4-16-34(17-5-1)51-54-52(35-18-6-2-7-19-35)56-53(55-51)60-43-27-15-12-24-40(43)50-46(60)31-30-45-49(50)39-23-11-14-26-42(39)57(45)38-28-29-44-47(33-38)59-41-25-13-10-20-36(41)32-48(59)58(44)37-21-8-3-9-22-37/h1-33H. The van der Waals surface area contributed by atoms with Gasteiger partial charge in [0.1, 0.15) is 5.65 Å². The van der Waals surface area contributed by atoms with Gasteiger partial charge in [0.05, 0.1) is 38.6 Å². The first-order valence-corrected chi connectivity index (χ1v) is 20.2. The summed E-state index contributed by atoms with van der Waals surface area (Å²) in [6, 6.07) is 70.7. The van der Waals surface area contributed by atoms with Crippen molar-refractivity contribution in [1.82, 2.24) is 33.1 Å². The van der Waals surface area contributed by atoms with E-state index in [9.17, 15) is 0 Å². The quantitative estimate of drug-likeness (QED) is 0.175. The van der Waals surface area contributed by atoms with Gasteiger partial charge >= 0.3 is 0 Å². The second-order valence-electron chi connectivity index (χ2n) is 15.3. The molecule has 5 heterocycles. The van der Waals surface area contributed by atoms with Gasteiger partial charge in [0.2, 0.25) is 5.95 Å². The Bertz CT molecular complexity index is 3760. The van der Waals surface area contributed by atoms with Crippen molar-refractivity contribution in [3.05, 3.63) is 200 Å². The van der Waals surface area contributed by atoms with E-state index >= 15 is 0 Å². The van der Waals surface area contributed by atoms with Crippen molar-refractivity contribution >= 4 is 71.2 Å². The number of benzene rings is 8. The average molecular weight is 768 g/mol. The average Bonchev–Trinajstić information content (AvgIpc) is 4.05. The zero-order chi connectivity index (χ0) is 39.3. The van der Waals surface area contributed by atoms with Crippen molar-refractivity contribution in [1.29, 1.82) is 0 Å². The highest BCUT2D eigenvalue weighted by Gasteiger charge is 2.24. The molecule has 0 radical (unpaired) electrons. The lowest BCUT2D eigenvalue weighted by Crippen LogP contribution is -2.06. The van der Waals surface area contributed by atoms with Gasteiger partial charge in [-0.05, 0) is 66.7 Å². The van der Waals surface area contributed by atoms with E-state index in [1.54, 1.807) is 0 Å². The summed E-state index contributed by atoms with van der Waals surface area (Å²) in [5.41, 5.74) is 13.1. The Morgan fingerprint density at radius 2 is 0.833 bits per heavy atom. The Morgan fingerprint density at radius 3 is 1.48 bits per heavy atom. The van der Waals surface area contributed by atoms with Gasteiger partial charge in [0.15, 0.2) is 11.6 Å². The van der Waals surface area contributed by atoms with Crippen LogP contribution in [0.4, 0.5) is 0 Å². The van der Waals surface area contributed by atoms with Crippen molar-refractivity contribution in [2.24, 2.45) is 0 Å². The molecule has 0 bridgehead atoms. The van der Waals surface area contributed by atoms with E-state index in [1.807, 2.05) is 36.4 Å². The van der Waals surface area contributed by atoms with Gasteiger partial charge < -0.3 is 4.57 Å². The molecule has 0 aliphatic carbocycles. The van der Waals surface area contributed by atoms with Gasteiger partial charge in [0, 0.05) is 49.4 Å². The number of rotatable bonds is 5. The largest absolute Gasteiger partial charge is 0.309 e. The molecule has 0 aliphatic rings. The van der Waals surface area contributed by atoms with Crippen molar-refractivity contribution in [3.8, 4) is 40.1 Å². The highest BCUT2D eigenvalue weighted by Crippen LogP contribution is 2.43. The number of hydrogen-bond donors (Lipinski definition) is 0. The smallest absolute Gasteiger partial charge is 0.238 e. The third-order valence-electron chi connectivity index (χ3n) is 12.0. The molecule has 5 aromatic heterocycles. The summed E-state index contributed by atoms with van der Waals surface area (Å²) in [5, 5.41) is 5.89. The molecule has 13 aromatic rings. The molecule has 60 heavy (non-hydrogen) atoms. The Balaban J connectivity index is 1.10. The minimum absolute atomic E-state index is 0.577. The SMILES string of the molecule is c1ccc(-c2nc(-c3ccccc3)nc(-n3c4ccccc4c4c5c6ccccc6n(-c6ccc7c(c6)n6c8ccccc8cc6n7-c6ccccc6)c5ccc43)n2)cc1. The van der Waals surface area contributed by atoms with E-state index in [2.05, 4.69) is 182 Å². The molecule has 0 spiro atoms. The van der Waals surface area contributed by atoms with Crippen LogP contribution >= 0.6 is 0 Å². The van der Waals surface area contributed by atoms with E-state index < -0.39 is 0 Å². The van der Waals surface area contributed by atoms with Crippen LogP contribution in [0.3, 0.4) is 0 Å². The molecule has 0 saturated carbocycles. The highest BCUT2D eigenvalue weighted by molar-refractivity contribution is 6.28. The first kappa shape index (κ1) is 32.8. The molecule has 0 aliphatic heterocycles. The fourth-order valence-corrected chi connectivity index (χ4v) is 9.46. The first-order chi connectivity index (χ1) is 29.8. The van der Waals surface area contributed by atoms with Gasteiger partial charge in [-0.3, -0.25) is 13.5 Å². The van der Waals surface area contributed by atoms with E-state index in [0.717, 1.165) is 72.0 Å². The number of hydrogen-bond acceptors (Lipinski definition) is 3. The predicted octanol–water partition coefficient (Wildman–Crippen LogP) is 12.7. The van der Waals surface area contributed by atoms with Gasteiger partial charge in [-0.1, -0.05) is 133 Å². The number of aromatic nitrogens is 7. The Hall–Kier alpha value is -8.29. The van der Waals surface area contributed by atoms with E-state index in [4.69, 9.17) is 15.0 Å². The normalized spacial score (nSPS) is 12.0. The lowest BCUT2D eigenvalue weighted by atomic mass is 10.1. The third-order valence-corrected chi connectivity index (χ3v) is 12.0. The maximum atomic E-state index is 5.19. The molecule has 0 atom stereocenters. The molecular weight excluding hydrogens is 735 g/mol. The maximum absolute atomic E-state index is 5.19. The first-order valence-electron chi connectivity index (χ1n) is 20.2. The monoisotopic (exact) mass is 767 g/mol. The summed E-state index contributed by atoms with van der Waals surface area (Å²) in [6.07, 6.45) is 0. The Kier molecular flexibility index (Phi) is 6.88. The molecule has 13 rings (SSSR count). The lowest BCUT2D eigenvalue weighted by molar-refractivity contribution is 0.953. The van der Waals surface area contributed by atoms with E-state index in [1.165, 1.54) is 21.7 Å². The molecule has 7 nitrogen and oxygen atoms in total. The minimum atomic E-state index is 0.577. The van der Waals surface area contributed by atoms with Crippen LogP contribution in [0.15, 0.2) is 200 Å². The fourth-order valence-electron chi connectivity index (χ4n) is 9.46. The fraction of sp³-hybridized carbons (Fsp3) is 0.